The van der Waals surface area contributed by atoms with Gasteiger partial charge in [0.25, 0.3) is 5.69 Å². The van der Waals surface area contributed by atoms with Crippen molar-refractivity contribution in [1.82, 2.24) is 4.90 Å². The summed E-state index contributed by atoms with van der Waals surface area (Å²) in [6.07, 6.45) is 1.91. The minimum Gasteiger partial charge on any atom is -0.465 e. The Balaban J connectivity index is 1.75. The van der Waals surface area contributed by atoms with E-state index in [2.05, 4.69) is 4.90 Å². The van der Waals surface area contributed by atoms with Crippen LogP contribution in [0.15, 0.2) is 12.1 Å². The van der Waals surface area contributed by atoms with E-state index in [9.17, 15) is 19.7 Å². The lowest BCUT2D eigenvalue weighted by molar-refractivity contribution is -0.385. The highest BCUT2D eigenvalue weighted by atomic mass is 16.6. The molecule has 1 saturated heterocycles. The Morgan fingerprint density at radius 3 is 2.38 bits per heavy atom. The second-order valence-corrected chi connectivity index (χ2v) is 8.39. The molecule has 0 atom stereocenters. The standard InChI is InChI=1S/C20H27N3O6/c1-20(2,3)29-19(25)21-8-6-14(7-9-21)22-10-5-13-11-17(23(26)27)15(12-16(13)22)18(24)28-4/h11-12,14H,5-10H2,1-4H3. The largest absolute Gasteiger partial charge is 0.465 e. The molecule has 0 unspecified atom stereocenters. The highest BCUT2D eigenvalue weighted by Crippen LogP contribution is 2.37. The molecule has 1 amide bonds. The van der Waals surface area contributed by atoms with Crippen LogP contribution in [0.2, 0.25) is 0 Å². The molecular weight excluding hydrogens is 378 g/mol. The van der Waals surface area contributed by atoms with Crippen LogP contribution in [0.5, 0.6) is 0 Å². The van der Waals surface area contributed by atoms with Crippen LogP contribution in [0.1, 0.15) is 49.5 Å². The lowest BCUT2D eigenvalue weighted by Crippen LogP contribution is -2.47. The molecule has 2 aliphatic heterocycles. The normalized spacial score (nSPS) is 17.1. The number of rotatable bonds is 3. The van der Waals surface area contributed by atoms with Crippen LogP contribution >= 0.6 is 0 Å². The van der Waals surface area contributed by atoms with Gasteiger partial charge in [0.1, 0.15) is 11.2 Å². The molecule has 1 aromatic rings. The first-order chi connectivity index (χ1) is 13.6. The Labute approximate surface area is 169 Å². The highest BCUT2D eigenvalue weighted by molar-refractivity contribution is 5.95. The molecule has 0 aromatic heterocycles. The summed E-state index contributed by atoms with van der Waals surface area (Å²) < 4.78 is 10.2. The van der Waals surface area contributed by atoms with Gasteiger partial charge in [-0.15, -0.1) is 0 Å². The molecule has 158 valence electrons. The van der Waals surface area contributed by atoms with E-state index in [1.165, 1.54) is 13.2 Å². The zero-order valence-electron chi connectivity index (χ0n) is 17.3. The average Bonchev–Trinajstić information content (AvgIpc) is 3.08. The summed E-state index contributed by atoms with van der Waals surface area (Å²) in [5.41, 5.74) is 0.915. The van der Waals surface area contributed by atoms with Crippen molar-refractivity contribution in [1.29, 1.82) is 0 Å². The summed E-state index contributed by atoms with van der Waals surface area (Å²) in [5, 5.41) is 11.4. The van der Waals surface area contributed by atoms with Gasteiger partial charge in [0.2, 0.25) is 0 Å². The highest BCUT2D eigenvalue weighted by Gasteiger charge is 2.34. The van der Waals surface area contributed by atoms with Crippen molar-refractivity contribution in [3.05, 3.63) is 33.4 Å². The summed E-state index contributed by atoms with van der Waals surface area (Å²) in [7, 11) is 1.21. The Morgan fingerprint density at radius 1 is 1.17 bits per heavy atom. The number of amides is 1. The van der Waals surface area contributed by atoms with Gasteiger partial charge in [-0.1, -0.05) is 0 Å². The number of ether oxygens (including phenoxy) is 2. The van der Waals surface area contributed by atoms with E-state index >= 15 is 0 Å². The molecule has 0 bridgehead atoms. The van der Waals surface area contributed by atoms with Gasteiger partial charge in [-0.2, -0.15) is 0 Å². The molecule has 0 aliphatic carbocycles. The van der Waals surface area contributed by atoms with Crippen LogP contribution in [0.25, 0.3) is 0 Å². The van der Waals surface area contributed by atoms with Crippen molar-refractivity contribution in [2.45, 2.75) is 51.7 Å². The first-order valence-electron chi connectivity index (χ1n) is 9.75. The third-order valence-electron chi connectivity index (χ3n) is 5.29. The number of hydrogen-bond acceptors (Lipinski definition) is 7. The van der Waals surface area contributed by atoms with Crippen molar-refractivity contribution >= 4 is 23.4 Å². The summed E-state index contributed by atoms with van der Waals surface area (Å²) in [6.45, 7) is 7.43. The van der Waals surface area contributed by atoms with Gasteiger partial charge < -0.3 is 19.3 Å². The first-order valence-corrected chi connectivity index (χ1v) is 9.75. The van der Waals surface area contributed by atoms with E-state index in [0.717, 1.165) is 30.6 Å². The number of hydrogen-bond donors (Lipinski definition) is 0. The van der Waals surface area contributed by atoms with Crippen LogP contribution < -0.4 is 4.90 Å². The number of nitro benzene ring substituents is 1. The predicted octanol–water partition coefficient (Wildman–Crippen LogP) is 3.14. The molecule has 0 N–H and O–H groups in total. The third kappa shape index (κ3) is 4.44. The minimum absolute atomic E-state index is 0.0330. The summed E-state index contributed by atoms with van der Waals surface area (Å²) >= 11 is 0. The molecule has 2 heterocycles. The van der Waals surface area contributed by atoms with Crippen LogP contribution in [-0.4, -0.2) is 60.3 Å². The number of benzene rings is 1. The molecule has 0 spiro atoms. The van der Waals surface area contributed by atoms with E-state index in [1.807, 2.05) is 20.8 Å². The van der Waals surface area contributed by atoms with E-state index in [1.54, 1.807) is 11.0 Å². The summed E-state index contributed by atoms with van der Waals surface area (Å²) in [6, 6.07) is 3.26. The second-order valence-electron chi connectivity index (χ2n) is 8.39. The molecule has 1 aromatic carbocycles. The Hall–Kier alpha value is -2.84. The van der Waals surface area contributed by atoms with E-state index in [-0.39, 0.29) is 23.4 Å². The number of likely N-dealkylation sites (tertiary alicyclic amines) is 1. The maximum absolute atomic E-state index is 12.3. The van der Waals surface area contributed by atoms with Gasteiger partial charge in [-0.25, -0.2) is 9.59 Å². The number of piperidine rings is 1. The summed E-state index contributed by atoms with van der Waals surface area (Å²) in [5.74, 6) is -0.717. The molecule has 0 radical (unpaired) electrons. The van der Waals surface area contributed by atoms with Crippen molar-refractivity contribution in [3.63, 3.8) is 0 Å². The van der Waals surface area contributed by atoms with Gasteiger partial charge in [-0.3, -0.25) is 10.1 Å². The van der Waals surface area contributed by atoms with Gasteiger partial charge in [0.15, 0.2) is 0 Å². The smallest absolute Gasteiger partial charge is 0.410 e. The SMILES string of the molecule is COC(=O)c1cc2c(cc1[N+](=O)[O-])CCN2C1CCN(C(=O)OC(C)(C)C)CC1. The predicted molar refractivity (Wildman–Crippen MR) is 106 cm³/mol. The van der Waals surface area contributed by atoms with Crippen LogP contribution in [0.4, 0.5) is 16.2 Å². The van der Waals surface area contributed by atoms with Crippen molar-refractivity contribution in [3.8, 4) is 0 Å². The Kier molecular flexibility index (Phi) is 5.68. The lowest BCUT2D eigenvalue weighted by Gasteiger charge is -2.38. The quantitative estimate of drug-likeness (QED) is 0.432. The molecule has 0 saturated carbocycles. The van der Waals surface area contributed by atoms with Gasteiger partial charge in [0.05, 0.1) is 12.0 Å². The maximum Gasteiger partial charge on any atom is 0.410 e. The van der Waals surface area contributed by atoms with Gasteiger partial charge >= 0.3 is 12.1 Å². The number of fused-ring (bicyclic) bond motifs is 1. The third-order valence-corrected chi connectivity index (χ3v) is 5.29. The fourth-order valence-electron chi connectivity index (χ4n) is 3.94. The number of nitrogens with zero attached hydrogens (tertiary/aromatic N) is 3. The lowest BCUT2D eigenvalue weighted by atomic mass is 10.0. The van der Waals surface area contributed by atoms with Gasteiger partial charge in [-0.05, 0) is 51.7 Å². The second kappa shape index (κ2) is 7.88. The molecule has 1 fully saturated rings. The zero-order chi connectivity index (χ0) is 21.3. The molecule has 9 heteroatoms. The van der Waals surface area contributed by atoms with Crippen molar-refractivity contribution in [2.24, 2.45) is 0 Å². The van der Waals surface area contributed by atoms with E-state index in [0.29, 0.717) is 19.5 Å². The zero-order valence-corrected chi connectivity index (χ0v) is 17.3. The number of carbonyl (C=O) groups is 2. The number of esters is 1. The Bertz CT molecular complexity index is 824. The van der Waals surface area contributed by atoms with E-state index in [4.69, 9.17) is 9.47 Å². The van der Waals surface area contributed by atoms with E-state index < -0.39 is 16.5 Å². The average molecular weight is 405 g/mol. The minimum atomic E-state index is -0.717. The summed E-state index contributed by atoms with van der Waals surface area (Å²) in [4.78, 5) is 39.0. The maximum atomic E-state index is 12.3. The van der Waals surface area contributed by atoms with Crippen molar-refractivity contribution < 1.29 is 24.0 Å². The van der Waals surface area contributed by atoms with Gasteiger partial charge in [0, 0.05) is 37.4 Å². The number of anilines is 1. The molecule has 9 nitrogen and oxygen atoms in total. The monoisotopic (exact) mass is 405 g/mol. The fraction of sp³-hybridized carbons (Fsp3) is 0.600. The number of methoxy groups -OCH3 is 1. The fourth-order valence-corrected chi connectivity index (χ4v) is 3.94. The van der Waals surface area contributed by atoms with Crippen LogP contribution in [0, 0.1) is 10.1 Å². The molecule has 2 aliphatic rings. The van der Waals surface area contributed by atoms with Crippen LogP contribution in [-0.2, 0) is 15.9 Å². The number of nitro groups is 1. The Morgan fingerprint density at radius 2 is 1.83 bits per heavy atom. The van der Waals surface area contributed by atoms with Crippen LogP contribution in [0.3, 0.4) is 0 Å². The number of carbonyl (C=O) groups excluding carboxylic acids is 2. The molecule has 3 rings (SSSR count). The van der Waals surface area contributed by atoms with Crippen molar-refractivity contribution in [2.75, 3.05) is 31.6 Å². The molecule has 29 heavy (non-hydrogen) atoms. The topological polar surface area (TPSA) is 102 Å². The molecular formula is C20H27N3O6. The first kappa shape index (κ1) is 20.9.